The van der Waals surface area contributed by atoms with Gasteiger partial charge in [-0.25, -0.2) is 4.79 Å². The van der Waals surface area contributed by atoms with Crippen LogP contribution in [0.2, 0.25) is 0 Å². The third kappa shape index (κ3) is 17.3. The van der Waals surface area contributed by atoms with E-state index in [9.17, 15) is 4.79 Å². The third-order valence-corrected chi connectivity index (χ3v) is 5.81. The van der Waals surface area contributed by atoms with E-state index >= 15 is 0 Å². The van der Waals surface area contributed by atoms with Gasteiger partial charge in [-0.3, -0.25) is 0 Å². The lowest BCUT2D eigenvalue weighted by atomic mass is 10.0. The van der Waals surface area contributed by atoms with E-state index in [2.05, 4.69) is 12.2 Å². The fraction of sp³-hybridized carbons (Fsp3) is 0.679. The minimum Gasteiger partial charge on any atom is -0.460 e. The van der Waals surface area contributed by atoms with Crippen molar-refractivity contribution in [2.24, 2.45) is 0 Å². The molecule has 0 fully saturated rings. The summed E-state index contributed by atoms with van der Waals surface area (Å²) in [7, 11) is 0. The second-order valence-electron chi connectivity index (χ2n) is 8.94. The van der Waals surface area contributed by atoms with Crippen LogP contribution in [0.5, 0.6) is 0 Å². The first kappa shape index (κ1) is 29.2. The van der Waals surface area contributed by atoms with E-state index in [-0.39, 0.29) is 6.61 Å². The van der Waals surface area contributed by atoms with Crippen molar-refractivity contribution in [3.05, 3.63) is 35.9 Å². The van der Waals surface area contributed by atoms with Crippen molar-refractivity contribution in [1.29, 1.82) is 0 Å². The molecule has 1 rings (SSSR count). The summed E-state index contributed by atoms with van der Waals surface area (Å²) in [6, 6.07) is 7.90. The van der Waals surface area contributed by atoms with E-state index in [1.807, 2.05) is 24.3 Å². The molecule has 1 unspecified atom stereocenters. The number of ether oxygens (including phenoxy) is 1. The van der Waals surface area contributed by atoms with E-state index in [0.717, 1.165) is 17.8 Å². The van der Waals surface area contributed by atoms with Crippen LogP contribution in [0.25, 0.3) is 6.08 Å². The van der Waals surface area contributed by atoms with Gasteiger partial charge in [0, 0.05) is 18.3 Å². The molecule has 0 amide bonds. The number of carbonyl (C=O) groups is 1. The van der Waals surface area contributed by atoms with Crippen LogP contribution in [0.1, 0.15) is 102 Å². The predicted molar refractivity (Wildman–Crippen MR) is 138 cm³/mol. The number of esters is 1. The summed E-state index contributed by atoms with van der Waals surface area (Å²) in [4.78, 5) is 11.6. The summed E-state index contributed by atoms with van der Waals surface area (Å²) < 4.78 is 4.83. The second kappa shape index (κ2) is 20.7. The molecule has 1 atom stereocenters. The molecule has 0 heterocycles. The monoisotopic (exact) mass is 461 g/mol. The van der Waals surface area contributed by atoms with Crippen molar-refractivity contribution in [3.8, 4) is 0 Å². The Kier molecular flexibility index (Phi) is 18.3. The molecule has 0 aliphatic carbocycles. The molecule has 0 spiro atoms. The highest BCUT2D eigenvalue weighted by Crippen LogP contribution is 2.14. The summed E-state index contributed by atoms with van der Waals surface area (Å²) in [5.41, 5.74) is 1.98. The van der Waals surface area contributed by atoms with Gasteiger partial charge in [-0.1, -0.05) is 103 Å². The number of rotatable bonds is 21. The van der Waals surface area contributed by atoms with Crippen molar-refractivity contribution >= 4 is 17.7 Å². The van der Waals surface area contributed by atoms with E-state index < -0.39 is 18.7 Å². The van der Waals surface area contributed by atoms with Crippen LogP contribution in [0.3, 0.4) is 0 Å². The van der Waals surface area contributed by atoms with E-state index in [1.165, 1.54) is 96.0 Å². The Morgan fingerprint density at radius 3 is 1.91 bits per heavy atom. The van der Waals surface area contributed by atoms with E-state index in [0.29, 0.717) is 0 Å². The summed E-state index contributed by atoms with van der Waals surface area (Å²) >= 11 is 0. The highest BCUT2D eigenvalue weighted by molar-refractivity contribution is 5.87. The standard InChI is InChI=1S/C28H47NO4/c1-2-3-4-5-6-7-8-9-10-11-12-13-14-15-22-29-26-19-16-25(17-20-26)18-21-28(32)33-24-27(31)23-30/h16-21,27,29-31H,2-15,22-24H2,1H3/b21-18+. The van der Waals surface area contributed by atoms with Gasteiger partial charge in [0.25, 0.3) is 0 Å². The molecule has 5 heteroatoms. The van der Waals surface area contributed by atoms with Crippen LogP contribution in [-0.4, -0.2) is 42.0 Å². The molecule has 0 radical (unpaired) electrons. The maximum atomic E-state index is 11.6. The summed E-state index contributed by atoms with van der Waals surface area (Å²) in [5, 5.41) is 21.3. The Balaban J connectivity index is 1.98. The zero-order chi connectivity index (χ0) is 24.0. The first-order chi connectivity index (χ1) is 16.2. The number of anilines is 1. The van der Waals surface area contributed by atoms with E-state index in [1.54, 1.807) is 6.08 Å². The fourth-order valence-corrected chi connectivity index (χ4v) is 3.71. The van der Waals surface area contributed by atoms with Gasteiger partial charge in [-0.2, -0.15) is 0 Å². The minimum absolute atomic E-state index is 0.207. The van der Waals surface area contributed by atoms with Gasteiger partial charge in [0.1, 0.15) is 12.7 Å². The molecule has 3 N–H and O–H groups in total. The SMILES string of the molecule is CCCCCCCCCCCCCCCCNc1ccc(/C=C/C(=O)OCC(O)CO)cc1. The first-order valence-electron chi connectivity index (χ1n) is 13.1. The highest BCUT2D eigenvalue weighted by Gasteiger charge is 2.04. The molecule has 0 aromatic heterocycles. The van der Waals surface area contributed by atoms with Crippen molar-refractivity contribution in [2.45, 2.75) is 103 Å². The molecule has 0 bridgehead atoms. The molecule has 0 saturated carbocycles. The number of aliphatic hydroxyl groups is 2. The Bertz CT molecular complexity index is 615. The van der Waals surface area contributed by atoms with Gasteiger partial charge in [0.05, 0.1) is 6.61 Å². The van der Waals surface area contributed by atoms with Crippen LogP contribution in [0.15, 0.2) is 30.3 Å². The zero-order valence-corrected chi connectivity index (χ0v) is 20.8. The van der Waals surface area contributed by atoms with E-state index in [4.69, 9.17) is 14.9 Å². The second-order valence-corrected chi connectivity index (χ2v) is 8.94. The Morgan fingerprint density at radius 2 is 1.39 bits per heavy atom. The van der Waals surface area contributed by atoms with Gasteiger partial charge in [-0.05, 0) is 30.2 Å². The number of unbranched alkanes of at least 4 members (excludes halogenated alkanes) is 13. The lowest BCUT2D eigenvalue weighted by molar-refractivity contribution is -0.141. The summed E-state index contributed by atoms with van der Waals surface area (Å²) in [6.45, 7) is 2.62. The van der Waals surface area contributed by atoms with Crippen molar-refractivity contribution < 1.29 is 19.7 Å². The molecule has 0 saturated heterocycles. The number of aliphatic hydroxyl groups excluding tert-OH is 2. The number of benzene rings is 1. The molecule has 0 aliphatic heterocycles. The van der Waals surface area contributed by atoms with Crippen LogP contribution >= 0.6 is 0 Å². The molecular formula is C28H47NO4. The minimum atomic E-state index is -1.03. The molecule has 1 aromatic carbocycles. The maximum Gasteiger partial charge on any atom is 0.330 e. The predicted octanol–water partition coefficient (Wildman–Crippen LogP) is 6.49. The Labute approximate surface area is 201 Å². The van der Waals surface area contributed by atoms with Crippen LogP contribution in [-0.2, 0) is 9.53 Å². The highest BCUT2D eigenvalue weighted by atomic mass is 16.5. The van der Waals surface area contributed by atoms with Gasteiger partial charge >= 0.3 is 5.97 Å². The molecule has 188 valence electrons. The lowest BCUT2D eigenvalue weighted by Crippen LogP contribution is -2.21. The number of hydrogen-bond donors (Lipinski definition) is 3. The van der Waals surface area contributed by atoms with Crippen molar-refractivity contribution in [1.82, 2.24) is 0 Å². The first-order valence-corrected chi connectivity index (χ1v) is 13.1. The summed E-state index contributed by atoms with van der Waals surface area (Å²) in [5.74, 6) is -0.539. The Hall–Kier alpha value is -1.85. The third-order valence-electron chi connectivity index (χ3n) is 5.81. The topological polar surface area (TPSA) is 78.8 Å². The summed E-state index contributed by atoms with van der Waals surface area (Å²) in [6.07, 6.45) is 21.2. The molecular weight excluding hydrogens is 414 g/mol. The largest absolute Gasteiger partial charge is 0.460 e. The van der Waals surface area contributed by atoms with Gasteiger partial charge in [0.15, 0.2) is 0 Å². The molecule has 33 heavy (non-hydrogen) atoms. The average Bonchev–Trinajstić information content (AvgIpc) is 2.84. The van der Waals surface area contributed by atoms with Gasteiger partial charge in [-0.15, -0.1) is 0 Å². The molecule has 1 aromatic rings. The van der Waals surface area contributed by atoms with Crippen LogP contribution in [0.4, 0.5) is 5.69 Å². The normalized spacial score (nSPS) is 12.2. The van der Waals surface area contributed by atoms with Crippen LogP contribution < -0.4 is 5.32 Å². The average molecular weight is 462 g/mol. The van der Waals surface area contributed by atoms with Gasteiger partial charge in [0.2, 0.25) is 0 Å². The van der Waals surface area contributed by atoms with Crippen molar-refractivity contribution in [2.75, 3.05) is 25.1 Å². The zero-order valence-electron chi connectivity index (χ0n) is 20.8. The van der Waals surface area contributed by atoms with Crippen molar-refractivity contribution in [3.63, 3.8) is 0 Å². The quantitative estimate of drug-likeness (QED) is 0.111. The molecule has 0 aliphatic rings. The van der Waals surface area contributed by atoms with Crippen LogP contribution in [0, 0.1) is 0 Å². The number of nitrogens with one attached hydrogen (secondary N) is 1. The smallest absolute Gasteiger partial charge is 0.330 e. The molecule has 5 nitrogen and oxygen atoms in total. The maximum absolute atomic E-state index is 11.6. The van der Waals surface area contributed by atoms with Gasteiger partial charge < -0.3 is 20.3 Å². The lowest BCUT2D eigenvalue weighted by Gasteiger charge is -2.07. The number of hydrogen-bond acceptors (Lipinski definition) is 5. The fourth-order valence-electron chi connectivity index (χ4n) is 3.71. The Morgan fingerprint density at radius 1 is 0.879 bits per heavy atom. The number of carbonyl (C=O) groups excluding carboxylic acids is 1.